The quantitative estimate of drug-likeness (QED) is 0.747. The summed E-state index contributed by atoms with van der Waals surface area (Å²) in [6.07, 6.45) is 5.10. The normalized spacial score (nSPS) is 15.1. The third-order valence-corrected chi connectivity index (χ3v) is 5.18. The van der Waals surface area contributed by atoms with Crippen molar-refractivity contribution < 1.29 is 9.90 Å². The number of aryl methyl sites for hydroxylation is 1. The van der Waals surface area contributed by atoms with Crippen LogP contribution in [0.2, 0.25) is 0 Å². The molecule has 0 spiro atoms. The molecule has 4 rings (SSSR count). The Kier molecular flexibility index (Phi) is 4.62. The Balaban J connectivity index is 1.49. The van der Waals surface area contributed by atoms with E-state index in [0.717, 1.165) is 29.7 Å². The van der Waals surface area contributed by atoms with Crippen molar-refractivity contribution >= 4 is 5.91 Å². The second-order valence-corrected chi connectivity index (χ2v) is 7.00. The second kappa shape index (κ2) is 7.23. The molecule has 1 aliphatic heterocycles. The Labute approximate surface area is 157 Å². The summed E-state index contributed by atoms with van der Waals surface area (Å²) in [5.41, 5.74) is 4.77. The van der Waals surface area contributed by atoms with Crippen molar-refractivity contribution in [2.75, 3.05) is 13.1 Å². The van der Waals surface area contributed by atoms with E-state index in [1.54, 1.807) is 11.0 Å². The molecule has 0 bridgehead atoms. The van der Waals surface area contributed by atoms with Crippen LogP contribution in [0, 0.1) is 6.92 Å². The van der Waals surface area contributed by atoms with Gasteiger partial charge in [-0.25, -0.2) is 4.98 Å². The Morgan fingerprint density at radius 2 is 2.04 bits per heavy atom. The zero-order valence-corrected chi connectivity index (χ0v) is 15.2. The number of aromatic nitrogens is 3. The summed E-state index contributed by atoms with van der Waals surface area (Å²) in [7, 11) is 0. The fourth-order valence-electron chi connectivity index (χ4n) is 3.73. The van der Waals surface area contributed by atoms with Crippen molar-refractivity contribution in [1.82, 2.24) is 20.1 Å². The molecule has 1 aliphatic rings. The maximum absolute atomic E-state index is 12.6. The fourth-order valence-corrected chi connectivity index (χ4v) is 3.73. The molecule has 2 aromatic heterocycles. The van der Waals surface area contributed by atoms with Gasteiger partial charge in [0.25, 0.3) is 5.91 Å². The van der Waals surface area contributed by atoms with Crippen LogP contribution in [0.3, 0.4) is 0 Å². The first-order valence-electron chi connectivity index (χ1n) is 9.17. The maximum atomic E-state index is 12.6. The molecular weight excluding hydrogens is 340 g/mol. The zero-order chi connectivity index (χ0) is 18.8. The van der Waals surface area contributed by atoms with Crippen LogP contribution in [-0.4, -0.2) is 44.2 Å². The molecule has 2 N–H and O–H groups in total. The van der Waals surface area contributed by atoms with Gasteiger partial charge in [-0.2, -0.15) is 5.10 Å². The highest BCUT2D eigenvalue weighted by Gasteiger charge is 2.28. The van der Waals surface area contributed by atoms with Gasteiger partial charge in [-0.1, -0.05) is 29.8 Å². The Morgan fingerprint density at radius 1 is 1.22 bits per heavy atom. The SMILES string of the molecule is Cc1cccc(-c2cn[nH]c2C2CCN(C(=O)c3ncccc3O)CC2)c1. The molecular formula is C21H22N4O2. The van der Waals surface area contributed by atoms with Gasteiger partial charge in [-0.15, -0.1) is 0 Å². The van der Waals surface area contributed by atoms with Gasteiger partial charge in [-0.3, -0.25) is 9.89 Å². The Bertz CT molecular complexity index is 958. The minimum atomic E-state index is -0.213. The van der Waals surface area contributed by atoms with Crippen LogP contribution >= 0.6 is 0 Å². The summed E-state index contributed by atoms with van der Waals surface area (Å²) in [4.78, 5) is 18.4. The number of aromatic hydroxyl groups is 1. The van der Waals surface area contributed by atoms with Gasteiger partial charge in [0.05, 0.1) is 6.20 Å². The number of carbonyl (C=O) groups excluding carboxylic acids is 1. The van der Waals surface area contributed by atoms with E-state index >= 15 is 0 Å². The Hall–Kier alpha value is -3.15. The molecule has 3 aromatic rings. The maximum Gasteiger partial charge on any atom is 0.276 e. The van der Waals surface area contributed by atoms with Gasteiger partial charge < -0.3 is 10.0 Å². The van der Waals surface area contributed by atoms with Crippen LogP contribution in [-0.2, 0) is 0 Å². The zero-order valence-electron chi connectivity index (χ0n) is 15.2. The van der Waals surface area contributed by atoms with E-state index < -0.39 is 0 Å². The number of nitrogens with zero attached hydrogens (tertiary/aromatic N) is 3. The fraction of sp³-hybridized carbons (Fsp3) is 0.286. The van der Waals surface area contributed by atoms with Gasteiger partial charge in [0.2, 0.25) is 0 Å². The summed E-state index contributed by atoms with van der Waals surface area (Å²) in [5.74, 6) is 0.0411. The Morgan fingerprint density at radius 3 is 2.78 bits per heavy atom. The molecule has 1 aromatic carbocycles. The van der Waals surface area contributed by atoms with Gasteiger partial charge >= 0.3 is 0 Å². The number of likely N-dealkylation sites (tertiary alicyclic amines) is 1. The number of hydrogen-bond acceptors (Lipinski definition) is 4. The summed E-state index contributed by atoms with van der Waals surface area (Å²) >= 11 is 0. The largest absolute Gasteiger partial charge is 0.505 e. The minimum absolute atomic E-state index is 0.0695. The van der Waals surface area contributed by atoms with E-state index in [0.29, 0.717) is 19.0 Å². The van der Waals surface area contributed by atoms with E-state index in [1.807, 2.05) is 6.20 Å². The van der Waals surface area contributed by atoms with Crippen molar-refractivity contribution in [3.63, 3.8) is 0 Å². The lowest BCUT2D eigenvalue weighted by Gasteiger charge is -2.31. The third kappa shape index (κ3) is 3.43. The number of piperidine rings is 1. The first-order valence-corrected chi connectivity index (χ1v) is 9.17. The molecule has 6 nitrogen and oxygen atoms in total. The molecule has 0 unspecified atom stereocenters. The lowest BCUT2D eigenvalue weighted by atomic mass is 9.89. The molecule has 0 atom stereocenters. The molecule has 0 saturated carbocycles. The number of amides is 1. The van der Waals surface area contributed by atoms with Gasteiger partial charge in [0.1, 0.15) is 5.75 Å². The number of pyridine rings is 1. The monoisotopic (exact) mass is 362 g/mol. The van der Waals surface area contributed by atoms with Crippen LogP contribution in [0.5, 0.6) is 5.75 Å². The molecule has 138 valence electrons. The van der Waals surface area contributed by atoms with E-state index in [2.05, 4.69) is 46.4 Å². The topological polar surface area (TPSA) is 82.1 Å². The van der Waals surface area contributed by atoms with Crippen LogP contribution < -0.4 is 0 Å². The van der Waals surface area contributed by atoms with Crippen LogP contribution in [0.25, 0.3) is 11.1 Å². The van der Waals surface area contributed by atoms with Crippen LogP contribution in [0.1, 0.15) is 40.5 Å². The molecule has 3 heterocycles. The highest BCUT2D eigenvalue weighted by Crippen LogP contribution is 2.34. The average molecular weight is 362 g/mol. The van der Waals surface area contributed by atoms with Crippen molar-refractivity contribution in [2.24, 2.45) is 0 Å². The summed E-state index contributed by atoms with van der Waals surface area (Å²) in [6.45, 7) is 3.35. The average Bonchev–Trinajstić information content (AvgIpc) is 3.18. The molecule has 1 saturated heterocycles. The van der Waals surface area contributed by atoms with E-state index in [1.165, 1.54) is 17.8 Å². The number of nitrogens with one attached hydrogen (secondary N) is 1. The number of aromatic amines is 1. The number of hydrogen-bond donors (Lipinski definition) is 2. The van der Waals surface area contributed by atoms with E-state index in [4.69, 9.17) is 0 Å². The third-order valence-electron chi connectivity index (χ3n) is 5.18. The van der Waals surface area contributed by atoms with Gasteiger partial charge in [-0.05, 0) is 37.5 Å². The molecule has 1 amide bonds. The van der Waals surface area contributed by atoms with E-state index in [-0.39, 0.29) is 17.4 Å². The summed E-state index contributed by atoms with van der Waals surface area (Å²) in [5, 5.41) is 17.3. The van der Waals surface area contributed by atoms with Crippen LogP contribution in [0.4, 0.5) is 0 Å². The standard InChI is InChI=1S/C21H22N4O2/c1-14-4-2-5-16(12-14)17-13-23-24-19(17)15-7-10-25(11-8-15)21(27)20-18(26)6-3-9-22-20/h2-6,9,12-13,15,26H,7-8,10-11H2,1H3,(H,23,24). The number of carbonyl (C=O) groups is 1. The minimum Gasteiger partial charge on any atom is -0.505 e. The first-order chi connectivity index (χ1) is 13.1. The molecule has 1 fully saturated rings. The smallest absolute Gasteiger partial charge is 0.276 e. The summed E-state index contributed by atoms with van der Waals surface area (Å²) in [6, 6.07) is 11.5. The highest BCUT2D eigenvalue weighted by molar-refractivity contribution is 5.94. The molecule has 0 aliphatic carbocycles. The van der Waals surface area contributed by atoms with Crippen molar-refractivity contribution in [2.45, 2.75) is 25.7 Å². The predicted molar refractivity (Wildman–Crippen MR) is 103 cm³/mol. The van der Waals surface area contributed by atoms with Crippen molar-refractivity contribution in [3.8, 4) is 16.9 Å². The number of benzene rings is 1. The van der Waals surface area contributed by atoms with Crippen molar-refractivity contribution in [1.29, 1.82) is 0 Å². The van der Waals surface area contributed by atoms with Gasteiger partial charge in [0, 0.05) is 36.5 Å². The summed E-state index contributed by atoms with van der Waals surface area (Å²) < 4.78 is 0. The van der Waals surface area contributed by atoms with Gasteiger partial charge in [0.15, 0.2) is 5.69 Å². The van der Waals surface area contributed by atoms with Crippen LogP contribution in [0.15, 0.2) is 48.8 Å². The first kappa shape index (κ1) is 17.3. The number of rotatable bonds is 3. The highest BCUT2D eigenvalue weighted by atomic mass is 16.3. The predicted octanol–water partition coefficient (Wildman–Crippen LogP) is 3.51. The van der Waals surface area contributed by atoms with E-state index in [9.17, 15) is 9.90 Å². The molecule has 27 heavy (non-hydrogen) atoms. The lowest BCUT2D eigenvalue weighted by molar-refractivity contribution is 0.0703. The lowest BCUT2D eigenvalue weighted by Crippen LogP contribution is -2.38. The number of H-pyrrole nitrogens is 1. The van der Waals surface area contributed by atoms with Crippen molar-refractivity contribution in [3.05, 3.63) is 65.7 Å². The molecule has 0 radical (unpaired) electrons. The second-order valence-electron chi connectivity index (χ2n) is 7.00. The molecule has 6 heteroatoms.